The van der Waals surface area contributed by atoms with Gasteiger partial charge in [-0.15, -0.1) is 6.58 Å². The molecular weight excluding hydrogens is 823 g/mol. The highest BCUT2D eigenvalue weighted by Crippen LogP contribution is 2.62. The Kier molecular flexibility index (Phi) is 14.1. The van der Waals surface area contributed by atoms with Crippen molar-refractivity contribution in [1.82, 2.24) is 9.29 Å². The summed E-state index contributed by atoms with van der Waals surface area (Å²) in [5, 5.41) is 25.5. The lowest BCUT2D eigenvalue weighted by Crippen LogP contribution is -2.69. The van der Waals surface area contributed by atoms with Crippen LogP contribution in [0.15, 0.2) is 113 Å². The number of oxime groups is 1. The van der Waals surface area contributed by atoms with Gasteiger partial charge < -0.3 is 34.0 Å². The van der Waals surface area contributed by atoms with E-state index in [-0.39, 0.29) is 48.9 Å². The van der Waals surface area contributed by atoms with E-state index in [1.165, 1.54) is 4.31 Å². The number of nitrogens with zero attached hydrogens (tertiary/aromatic N) is 3. The quantitative estimate of drug-likeness (QED) is 0.0403. The second-order valence-corrected chi connectivity index (χ2v) is 18.8. The van der Waals surface area contributed by atoms with Gasteiger partial charge in [0.25, 0.3) is 0 Å². The first-order valence-corrected chi connectivity index (χ1v) is 23.6. The summed E-state index contributed by atoms with van der Waals surface area (Å²) in [6.07, 6.45) is 12.6. The molecule has 1 aromatic heterocycles. The molecule has 0 spiro atoms. The predicted octanol–water partition coefficient (Wildman–Crippen LogP) is 8.32. The molecule has 4 aromatic rings. The van der Waals surface area contributed by atoms with E-state index in [0.29, 0.717) is 65.3 Å². The Balaban J connectivity index is 1.34. The molecule has 0 bridgehead atoms. The summed E-state index contributed by atoms with van der Waals surface area (Å²) in [5.41, 5.74) is 3.10. The molecule has 0 radical (unpaired) electrons. The van der Waals surface area contributed by atoms with E-state index in [2.05, 4.69) is 17.6 Å². The number of benzene rings is 3. The van der Waals surface area contributed by atoms with Crippen LogP contribution in [0.25, 0.3) is 10.9 Å². The number of hydrogen-bond donors (Lipinski definition) is 2. The maximum Gasteiger partial charge on any atom is 0.245 e. The maximum atomic E-state index is 15.2. The SMILES string of the molecule is C=CCO[C@@]12Oc3ccc(Oc4cccc(C=O)c4)cc3[C@H]3[C@H](CCCCO)[C@@H](CCCCO)C=C(C(=NOC4CCCCO4)C[C@@H]1N(C)S(=O)(=O)c1cccc4cccnc14)[C@H]32. The normalized spacial score (nSPS) is 26.0. The number of rotatable bonds is 19. The van der Waals surface area contributed by atoms with E-state index in [4.69, 9.17) is 28.9 Å². The van der Waals surface area contributed by atoms with E-state index in [1.54, 1.807) is 67.9 Å². The molecule has 0 amide bonds. The van der Waals surface area contributed by atoms with E-state index >= 15 is 8.42 Å². The number of aromatic nitrogens is 1. The van der Waals surface area contributed by atoms with Crippen molar-refractivity contribution in [3.05, 3.63) is 114 Å². The summed E-state index contributed by atoms with van der Waals surface area (Å²) in [5.74, 6) is -1.06. The van der Waals surface area contributed by atoms with Crippen LogP contribution in [0.3, 0.4) is 0 Å². The lowest BCUT2D eigenvalue weighted by Gasteiger charge is -2.59. The fourth-order valence-electron chi connectivity index (χ4n) is 10.1. The molecule has 2 aliphatic heterocycles. The van der Waals surface area contributed by atoms with Crippen LogP contribution in [0, 0.1) is 17.8 Å². The average molecular weight is 880 g/mol. The van der Waals surface area contributed by atoms with Crippen LogP contribution in [0.1, 0.15) is 86.0 Å². The lowest BCUT2D eigenvalue weighted by atomic mass is 9.55. The lowest BCUT2D eigenvalue weighted by molar-refractivity contribution is -0.250. The van der Waals surface area contributed by atoms with Gasteiger partial charge in [0.1, 0.15) is 28.4 Å². The summed E-state index contributed by atoms with van der Waals surface area (Å²) < 4.78 is 58.4. The smallest absolute Gasteiger partial charge is 0.245 e. The standard InChI is InChI=1S/C49H57N3O10S/c1-3-26-59-49-44(52(2)63(56,57)43-19-11-15-34-16-12-23-50-48(34)43)31-41(51-62-45-20-6-9-27-58-45)39-29-35(14-4-7-24-53)38(18-5-8-25-54)46(47(39)49)40-30-37(21-22-42(40)61-49)60-36-17-10-13-33(28-36)32-55/h3,10-13,15-17,19,21-23,28-30,32,35,38,44-47,53-54H,1,4-9,14,18,20,24-27,31H2,2H3/t35-,38+,44-,45?,46+,47+,49+/m0/s1. The summed E-state index contributed by atoms with van der Waals surface area (Å²) in [6.45, 7) is 4.73. The van der Waals surface area contributed by atoms with Crippen molar-refractivity contribution in [2.75, 3.05) is 33.5 Å². The molecule has 3 heterocycles. The van der Waals surface area contributed by atoms with Crippen LogP contribution in [-0.4, -0.2) is 91.5 Å². The number of likely N-dealkylation sites (N-methyl/N-ethyl adjacent to an activating group) is 1. The number of sulfonamides is 1. The Labute approximate surface area is 369 Å². The van der Waals surface area contributed by atoms with Gasteiger partial charge in [0.05, 0.1) is 36.4 Å². The van der Waals surface area contributed by atoms with Gasteiger partial charge in [-0.05, 0) is 98.4 Å². The number of unbranched alkanes of at least 4 members (excludes halogenated alkanes) is 2. The molecule has 2 aliphatic carbocycles. The zero-order valence-corrected chi connectivity index (χ0v) is 36.5. The second kappa shape index (κ2) is 19.8. The average Bonchev–Trinajstić information content (AvgIpc) is 3.31. The number of hydrogen-bond acceptors (Lipinski definition) is 12. The number of fused-ring (bicyclic) bond motifs is 3. The molecule has 7 atom stereocenters. The Morgan fingerprint density at radius 1 is 0.984 bits per heavy atom. The minimum absolute atomic E-state index is 0.000653. The number of para-hydroxylation sites is 1. The molecule has 1 saturated carbocycles. The fourth-order valence-corrected chi connectivity index (χ4v) is 11.6. The molecule has 1 saturated heterocycles. The van der Waals surface area contributed by atoms with Crippen LogP contribution < -0.4 is 9.47 Å². The molecule has 334 valence electrons. The van der Waals surface area contributed by atoms with Crippen molar-refractivity contribution in [2.45, 2.75) is 93.1 Å². The third-order valence-corrected chi connectivity index (χ3v) is 14.9. The summed E-state index contributed by atoms with van der Waals surface area (Å²) in [6, 6.07) is 20.3. The van der Waals surface area contributed by atoms with Crippen molar-refractivity contribution >= 4 is 32.9 Å². The zero-order valence-electron chi connectivity index (χ0n) is 35.7. The first-order chi connectivity index (χ1) is 30.7. The van der Waals surface area contributed by atoms with Crippen molar-refractivity contribution in [2.24, 2.45) is 22.9 Å². The summed E-state index contributed by atoms with van der Waals surface area (Å²) >= 11 is 0. The van der Waals surface area contributed by atoms with Gasteiger partial charge >= 0.3 is 0 Å². The van der Waals surface area contributed by atoms with E-state index in [9.17, 15) is 15.0 Å². The Morgan fingerprint density at radius 3 is 2.56 bits per heavy atom. The largest absolute Gasteiger partial charge is 0.460 e. The van der Waals surface area contributed by atoms with E-state index in [0.717, 1.165) is 55.9 Å². The zero-order chi connectivity index (χ0) is 44.0. The Morgan fingerprint density at radius 2 is 1.78 bits per heavy atom. The molecule has 2 N–H and O–H groups in total. The maximum absolute atomic E-state index is 15.2. The summed E-state index contributed by atoms with van der Waals surface area (Å²) in [4.78, 5) is 22.5. The van der Waals surface area contributed by atoms with E-state index in [1.807, 2.05) is 24.3 Å². The first kappa shape index (κ1) is 44.6. The highest BCUT2D eigenvalue weighted by atomic mass is 32.2. The van der Waals surface area contributed by atoms with Crippen LogP contribution in [0.4, 0.5) is 0 Å². The number of aliphatic hydroxyl groups is 2. The Hall–Kier alpha value is -4.96. The molecule has 2 fully saturated rings. The van der Waals surface area contributed by atoms with Gasteiger partial charge in [-0.25, -0.2) is 8.42 Å². The number of aliphatic hydroxyl groups excluding tert-OH is 2. The number of aldehydes is 1. The number of allylic oxidation sites excluding steroid dienone is 1. The third-order valence-electron chi connectivity index (χ3n) is 13.0. The van der Waals surface area contributed by atoms with Gasteiger partial charge in [0, 0.05) is 61.7 Å². The number of carbonyl (C=O) groups is 1. The number of carbonyl (C=O) groups excluding carboxylic acids is 1. The Bertz CT molecular complexity index is 2430. The molecule has 3 aromatic carbocycles. The van der Waals surface area contributed by atoms with Gasteiger partial charge in [-0.3, -0.25) is 9.78 Å². The van der Waals surface area contributed by atoms with Crippen molar-refractivity contribution in [1.29, 1.82) is 0 Å². The topological polar surface area (TPSA) is 166 Å². The van der Waals surface area contributed by atoms with Gasteiger partial charge in [0.2, 0.25) is 22.1 Å². The highest BCUT2D eigenvalue weighted by Gasteiger charge is 2.66. The van der Waals surface area contributed by atoms with Crippen molar-refractivity contribution in [3.63, 3.8) is 0 Å². The monoisotopic (exact) mass is 879 g/mol. The second-order valence-electron chi connectivity index (χ2n) is 16.8. The molecule has 4 aliphatic rings. The van der Waals surface area contributed by atoms with Crippen LogP contribution in [0.2, 0.25) is 0 Å². The minimum atomic E-state index is -4.29. The molecular formula is C49H57N3O10S. The molecule has 14 heteroatoms. The van der Waals surface area contributed by atoms with Crippen molar-refractivity contribution in [3.8, 4) is 17.2 Å². The molecule has 13 nitrogen and oxygen atoms in total. The van der Waals surface area contributed by atoms with Gasteiger partial charge in [0.15, 0.2) is 0 Å². The predicted molar refractivity (Wildman–Crippen MR) is 238 cm³/mol. The van der Waals surface area contributed by atoms with Gasteiger partial charge in [-0.1, -0.05) is 60.5 Å². The summed E-state index contributed by atoms with van der Waals surface area (Å²) in [7, 11) is -2.73. The molecule has 63 heavy (non-hydrogen) atoms. The molecule has 1 unspecified atom stereocenters. The van der Waals surface area contributed by atoms with E-state index < -0.39 is 34.1 Å². The van der Waals surface area contributed by atoms with Gasteiger partial charge in [-0.2, -0.15) is 4.31 Å². The van der Waals surface area contributed by atoms with Crippen LogP contribution in [-0.2, 0) is 24.3 Å². The fraction of sp³-hybridized carbons (Fsp3) is 0.449. The first-order valence-electron chi connectivity index (χ1n) is 22.1. The van der Waals surface area contributed by atoms with Crippen molar-refractivity contribution < 1.29 is 47.2 Å². The van der Waals surface area contributed by atoms with Crippen LogP contribution in [0.5, 0.6) is 17.2 Å². The highest BCUT2D eigenvalue weighted by molar-refractivity contribution is 7.89. The third kappa shape index (κ3) is 9.07. The number of pyridine rings is 1. The number of ether oxygens (including phenoxy) is 4. The molecule has 8 rings (SSSR count). The van der Waals surface area contributed by atoms with Crippen LogP contribution >= 0.6 is 0 Å². The minimum Gasteiger partial charge on any atom is -0.460 e.